The van der Waals surface area contributed by atoms with Crippen molar-refractivity contribution in [2.45, 2.75) is 6.92 Å². The van der Waals surface area contributed by atoms with Crippen LogP contribution in [0.3, 0.4) is 0 Å². The van der Waals surface area contributed by atoms with Gasteiger partial charge in [0.15, 0.2) is 0 Å². The number of carbonyl (C=O) groups is 2. The molecule has 3 N–H and O–H groups in total. The van der Waals surface area contributed by atoms with Crippen LogP contribution in [0, 0.1) is 10.5 Å². The Morgan fingerprint density at radius 3 is 2.50 bits per heavy atom. The fraction of sp³-hybridized carbons (Fsp3) is 0.0667. The first-order valence-electron chi connectivity index (χ1n) is 5.95. The summed E-state index contributed by atoms with van der Waals surface area (Å²) in [7, 11) is 0. The second kappa shape index (κ2) is 6.04. The van der Waals surface area contributed by atoms with Gasteiger partial charge in [-0.05, 0) is 65.4 Å². The molecule has 0 fully saturated rings. The number of benzene rings is 2. The summed E-state index contributed by atoms with van der Waals surface area (Å²) in [6, 6.07) is 12.0. The molecule has 0 radical (unpaired) electrons. The normalized spacial score (nSPS) is 10.1. The Bertz CT molecular complexity index is 683. The molecule has 0 aromatic heterocycles. The van der Waals surface area contributed by atoms with E-state index in [2.05, 4.69) is 27.9 Å². The molecular weight excluding hydrogens is 367 g/mol. The topological polar surface area (TPSA) is 72.2 Å². The molecule has 2 aromatic rings. The molecule has 0 aliphatic rings. The number of rotatable bonds is 3. The lowest BCUT2D eigenvalue weighted by molar-refractivity contribution is 0.0996. The van der Waals surface area contributed by atoms with Crippen LogP contribution in [0.4, 0.5) is 5.69 Å². The number of carbonyl (C=O) groups excluding carboxylic acids is 2. The standard InChI is InChI=1S/C15H13IN2O2/c1-9-5-6-11(8-13(9)16)15(20)18-12-4-2-3-10(7-12)14(17)19/h2-8H,1H3,(H2,17,19)(H,18,20). The van der Waals surface area contributed by atoms with Crippen LogP contribution in [0.2, 0.25) is 0 Å². The van der Waals surface area contributed by atoms with E-state index in [0.717, 1.165) is 9.13 Å². The first-order valence-corrected chi connectivity index (χ1v) is 7.02. The maximum absolute atomic E-state index is 12.1. The highest BCUT2D eigenvalue weighted by atomic mass is 127. The molecule has 0 aliphatic heterocycles. The van der Waals surface area contributed by atoms with Gasteiger partial charge in [0, 0.05) is 20.4 Å². The molecule has 0 heterocycles. The zero-order valence-corrected chi connectivity index (χ0v) is 13.0. The Labute approximate surface area is 130 Å². The Balaban J connectivity index is 2.21. The van der Waals surface area contributed by atoms with Crippen molar-refractivity contribution in [3.05, 3.63) is 62.7 Å². The average molecular weight is 380 g/mol. The van der Waals surface area contributed by atoms with Gasteiger partial charge in [0.1, 0.15) is 0 Å². The van der Waals surface area contributed by atoms with E-state index < -0.39 is 5.91 Å². The van der Waals surface area contributed by atoms with Gasteiger partial charge in [0.05, 0.1) is 0 Å². The second-order valence-corrected chi connectivity index (χ2v) is 5.53. The van der Waals surface area contributed by atoms with Crippen LogP contribution in [0.5, 0.6) is 0 Å². The smallest absolute Gasteiger partial charge is 0.255 e. The Hall–Kier alpha value is -1.89. The van der Waals surface area contributed by atoms with Crippen molar-refractivity contribution >= 4 is 40.1 Å². The molecule has 0 atom stereocenters. The molecule has 0 spiro atoms. The van der Waals surface area contributed by atoms with Crippen LogP contribution < -0.4 is 11.1 Å². The molecule has 0 saturated carbocycles. The van der Waals surface area contributed by atoms with Gasteiger partial charge < -0.3 is 11.1 Å². The summed E-state index contributed by atoms with van der Waals surface area (Å²) in [5.74, 6) is -0.740. The van der Waals surface area contributed by atoms with E-state index in [1.807, 2.05) is 19.1 Å². The molecular formula is C15H13IN2O2. The van der Waals surface area contributed by atoms with Gasteiger partial charge in [0.25, 0.3) is 5.91 Å². The SMILES string of the molecule is Cc1ccc(C(=O)Nc2cccc(C(N)=O)c2)cc1I. The number of primary amides is 1. The van der Waals surface area contributed by atoms with Crippen molar-refractivity contribution in [3.63, 3.8) is 0 Å². The number of amides is 2. The summed E-state index contributed by atoms with van der Waals surface area (Å²) in [4.78, 5) is 23.2. The summed E-state index contributed by atoms with van der Waals surface area (Å²) in [6.07, 6.45) is 0. The lowest BCUT2D eigenvalue weighted by Gasteiger charge is -2.07. The highest BCUT2D eigenvalue weighted by molar-refractivity contribution is 14.1. The molecule has 0 aliphatic carbocycles. The van der Waals surface area contributed by atoms with Crippen LogP contribution in [-0.4, -0.2) is 11.8 Å². The molecule has 2 rings (SSSR count). The number of hydrogen-bond donors (Lipinski definition) is 2. The van der Waals surface area contributed by atoms with Gasteiger partial charge in [-0.3, -0.25) is 9.59 Å². The summed E-state index contributed by atoms with van der Waals surface area (Å²) in [5, 5.41) is 2.75. The number of nitrogens with one attached hydrogen (secondary N) is 1. The molecule has 0 saturated heterocycles. The molecule has 2 aromatic carbocycles. The van der Waals surface area contributed by atoms with E-state index in [0.29, 0.717) is 16.8 Å². The van der Waals surface area contributed by atoms with Crippen molar-refractivity contribution in [2.75, 3.05) is 5.32 Å². The third kappa shape index (κ3) is 3.36. The monoisotopic (exact) mass is 380 g/mol. The molecule has 0 bridgehead atoms. The van der Waals surface area contributed by atoms with Gasteiger partial charge in [-0.25, -0.2) is 0 Å². The molecule has 20 heavy (non-hydrogen) atoms. The van der Waals surface area contributed by atoms with E-state index in [9.17, 15) is 9.59 Å². The number of aryl methyl sites for hydroxylation is 1. The number of anilines is 1. The Kier molecular flexibility index (Phi) is 4.39. The Morgan fingerprint density at radius 1 is 1.10 bits per heavy atom. The fourth-order valence-corrected chi connectivity index (χ4v) is 2.20. The van der Waals surface area contributed by atoms with E-state index in [1.165, 1.54) is 0 Å². The molecule has 2 amide bonds. The molecule has 5 heteroatoms. The van der Waals surface area contributed by atoms with Crippen LogP contribution in [-0.2, 0) is 0 Å². The predicted molar refractivity (Wildman–Crippen MR) is 86.8 cm³/mol. The highest BCUT2D eigenvalue weighted by Gasteiger charge is 2.08. The van der Waals surface area contributed by atoms with Crippen molar-refractivity contribution in [2.24, 2.45) is 5.73 Å². The Morgan fingerprint density at radius 2 is 1.85 bits per heavy atom. The molecule has 102 valence electrons. The van der Waals surface area contributed by atoms with E-state index >= 15 is 0 Å². The number of hydrogen-bond acceptors (Lipinski definition) is 2. The van der Waals surface area contributed by atoms with E-state index in [-0.39, 0.29) is 5.91 Å². The summed E-state index contributed by atoms with van der Waals surface area (Å²) < 4.78 is 1.03. The maximum Gasteiger partial charge on any atom is 0.255 e. The van der Waals surface area contributed by atoms with E-state index in [4.69, 9.17) is 5.73 Å². The van der Waals surface area contributed by atoms with Crippen molar-refractivity contribution in [1.29, 1.82) is 0 Å². The van der Waals surface area contributed by atoms with Crippen LogP contribution in [0.1, 0.15) is 26.3 Å². The second-order valence-electron chi connectivity index (χ2n) is 4.36. The zero-order valence-electron chi connectivity index (χ0n) is 10.8. The molecule has 0 unspecified atom stereocenters. The van der Waals surface area contributed by atoms with Gasteiger partial charge in [-0.2, -0.15) is 0 Å². The largest absolute Gasteiger partial charge is 0.366 e. The third-order valence-corrected chi connectivity index (χ3v) is 4.00. The van der Waals surface area contributed by atoms with Gasteiger partial charge in [-0.15, -0.1) is 0 Å². The third-order valence-electron chi connectivity index (χ3n) is 2.84. The highest BCUT2D eigenvalue weighted by Crippen LogP contribution is 2.16. The lowest BCUT2D eigenvalue weighted by atomic mass is 10.1. The van der Waals surface area contributed by atoms with Crippen molar-refractivity contribution in [3.8, 4) is 0 Å². The van der Waals surface area contributed by atoms with Crippen LogP contribution in [0.25, 0.3) is 0 Å². The minimum absolute atomic E-state index is 0.218. The summed E-state index contributed by atoms with van der Waals surface area (Å²) in [6.45, 7) is 1.99. The first-order chi connectivity index (χ1) is 9.47. The maximum atomic E-state index is 12.1. The van der Waals surface area contributed by atoms with Gasteiger partial charge in [0.2, 0.25) is 5.91 Å². The lowest BCUT2D eigenvalue weighted by Crippen LogP contribution is -2.14. The molecule has 4 nitrogen and oxygen atoms in total. The van der Waals surface area contributed by atoms with Crippen molar-refractivity contribution < 1.29 is 9.59 Å². The summed E-state index contributed by atoms with van der Waals surface area (Å²) >= 11 is 2.19. The van der Waals surface area contributed by atoms with Gasteiger partial charge >= 0.3 is 0 Å². The van der Waals surface area contributed by atoms with Crippen LogP contribution >= 0.6 is 22.6 Å². The first kappa shape index (κ1) is 14.5. The van der Waals surface area contributed by atoms with E-state index in [1.54, 1.807) is 30.3 Å². The van der Waals surface area contributed by atoms with Gasteiger partial charge in [-0.1, -0.05) is 12.1 Å². The zero-order chi connectivity index (χ0) is 14.7. The minimum atomic E-state index is -0.522. The van der Waals surface area contributed by atoms with Crippen LogP contribution in [0.15, 0.2) is 42.5 Å². The minimum Gasteiger partial charge on any atom is -0.366 e. The number of halogens is 1. The average Bonchev–Trinajstić information content (AvgIpc) is 2.42. The number of nitrogens with two attached hydrogens (primary N) is 1. The predicted octanol–water partition coefficient (Wildman–Crippen LogP) is 2.95. The fourth-order valence-electron chi connectivity index (χ4n) is 1.69. The van der Waals surface area contributed by atoms with Crippen molar-refractivity contribution in [1.82, 2.24) is 0 Å². The quantitative estimate of drug-likeness (QED) is 0.804. The summed E-state index contributed by atoms with van der Waals surface area (Å²) in [5.41, 5.74) is 7.81.